The zero-order valence-electron chi connectivity index (χ0n) is 12.1. The van der Waals surface area contributed by atoms with Gasteiger partial charge in [0.25, 0.3) is 0 Å². The Labute approximate surface area is 124 Å². The van der Waals surface area contributed by atoms with E-state index in [9.17, 15) is 4.39 Å². The van der Waals surface area contributed by atoms with Crippen LogP contribution in [-0.4, -0.2) is 13.2 Å². The molecule has 0 aliphatic rings. The van der Waals surface area contributed by atoms with Crippen LogP contribution in [0.3, 0.4) is 0 Å². The number of halogens is 1. The summed E-state index contributed by atoms with van der Waals surface area (Å²) in [7, 11) is 1.56. The molecule has 0 saturated heterocycles. The van der Waals surface area contributed by atoms with Crippen LogP contribution in [0.5, 0.6) is 5.75 Å². The number of nitriles is 1. The third-order valence-corrected chi connectivity index (χ3v) is 3.22. The molecule has 0 heterocycles. The number of ether oxygens (including phenoxy) is 1. The minimum absolute atomic E-state index is 0.0312. The molecule has 1 unspecified atom stereocenters. The number of anilines is 1. The third kappa shape index (κ3) is 3.73. The average Bonchev–Trinajstić information content (AvgIpc) is 2.50. The van der Waals surface area contributed by atoms with E-state index in [1.54, 1.807) is 37.4 Å². The molecule has 2 rings (SSSR count). The van der Waals surface area contributed by atoms with Crippen LogP contribution in [0, 0.1) is 17.1 Å². The van der Waals surface area contributed by atoms with E-state index in [1.165, 1.54) is 6.07 Å². The Balaban J connectivity index is 2.11. The Morgan fingerprint density at radius 3 is 2.71 bits per heavy atom. The van der Waals surface area contributed by atoms with Crippen LogP contribution in [-0.2, 0) is 6.42 Å². The van der Waals surface area contributed by atoms with Crippen LogP contribution < -0.4 is 10.1 Å². The first-order chi connectivity index (χ1) is 10.1. The van der Waals surface area contributed by atoms with E-state index in [0.29, 0.717) is 23.3 Å². The van der Waals surface area contributed by atoms with Gasteiger partial charge in [-0.3, -0.25) is 0 Å². The summed E-state index contributed by atoms with van der Waals surface area (Å²) in [6.45, 7) is 1.98. The van der Waals surface area contributed by atoms with Crippen molar-refractivity contribution in [1.82, 2.24) is 0 Å². The summed E-state index contributed by atoms with van der Waals surface area (Å²) in [5.74, 6) is 0.410. The first kappa shape index (κ1) is 14.9. The van der Waals surface area contributed by atoms with E-state index < -0.39 is 0 Å². The maximum atomic E-state index is 13.6. The van der Waals surface area contributed by atoms with Crippen molar-refractivity contribution in [3.05, 3.63) is 59.4 Å². The SMILES string of the molecule is COc1cc(C#N)ccc1NC(C)Cc1ccccc1F. The number of benzene rings is 2. The van der Waals surface area contributed by atoms with Gasteiger partial charge in [-0.25, -0.2) is 4.39 Å². The number of hydrogen-bond acceptors (Lipinski definition) is 3. The van der Waals surface area contributed by atoms with Gasteiger partial charge in [0, 0.05) is 12.1 Å². The minimum atomic E-state index is -0.196. The largest absolute Gasteiger partial charge is 0.495 e. The Bertz CT molecular complexity index is 664. The maximum absolute atomic E-state index is 13.6. The Kier molecular flexibility index (Phi) is 4.78. The number of hydrogen-bond donors (Lipinski definition) is 1. The lowest BCUT2D eigenvalue weighted by atomic mass is 10.1. The molecule has 4 heteroatoms. The molecule has 108 valence electrons. The Morgan fingerprint density at radius 2 is 2.05 bits per heavy atom. The summed E-state index contributed by atoms with van der Waals surface area (Å²) >= 11 is 0. The topological polar surface area (TPSA) is 45.0 Å². The van der Waals surface area contributed by atoms with Gasteiger partial charge in [0.15, 0.2) is 0 Å². The highest BCUT2D eigenvalue weighted by Crippen LogP contribution is 2.26. The van der Waals surface area contributed by atoms with E-state index in [0.717, 1.165) is 5.69 Å². The van der Waals surface area contributed by atoms with Gasteiger partial charge in [0.1, 0.15) is 11.6 Å². The van der Waals surface area contributed by atoms with Crippen molar-refractivity contribution in [2.45, 2.75) is 19.4 Å². The van der Waals surface area contributed by atoms with Crippen molar-refractivity contribution in [3.8, 4) is 11.8 Å². The van der Waals surface area contributed by atoms with Gasteiger partial charge in [-0.2, -0.15) is 5.26 Å². The van der Waals surface area contributed by atoms with Gasteiger partial charge in [-0.15, -0.1) is 0 Å². The summed E-state index contributed by atoms with van der Waals surface area (Å²) in [6, 6.07) is 14.1. The molecule has 0 aliphatic carbocycles. The number of rotatable bonds is 5. The maximum Gasteiger partial charge on any atom is 0.143 e. The second kappa shape index (κ2) is 6.76. The van der Waals surface area contributed by atoms with E-state index in [4.69, 9.17) is 10.00 Å². The number of methoxy groups -OCH3 is 1. The first-order valence-corrected chi connectivity index (χ1v) is 6.72. The van der Waals surface area contributed by atoms with Crippen LogP contribution in [0.4, 0.5) is 10.1 Å². The Hall–Kier alpha value is -2.54. The van der Waals surface area contributed by atoms with E-state index in [1.807, 2.05) is 13.0 Å². The molecule has 0 aromatic heterocycles. The highest BCUT2D eigenvalue weighted by atomic mass is 19.1. The van der Waals surface area contributed by atoms with E-state index >= 15 is 0 Å². The summed E-state index contributed by atoms with van der Waals surface area (Å²) in [5.41, 5.74) is 2.00. The monoisotopic (exact) mass is 284 g/mol. The van der Waals surface area contributed by atoms with Crippen LogP contribution in [0.15, 0.2) is 42.5 Å². The van der Waals surface area contributed by atoms with Crippen LogP contribution in [0.25, 0.3) is 0 Å². The van der Waals surface area contributed by atoms with Crippen LogP contribution in [0.1, 0.15) is 18.1 Å². The third-order valence-electron chi connectivity index (χ3n) is 3.22. The van der Waals surface area contributed by atoms with Crippen molar-refractivity contribution in [1.29, 1.82) is 5.26 Å². The number of nitrogens with zero attached hydrogens (tertiary/aromatic N) is 1. The fraction of sp³-hybridized carbons (Fsp3) is 0.235. The molecule has 0 amide bonds. The Morgan fingerprint density at radius 1 is 1.29 bits per heavy atom. The molecular formula is C17H17FN2O. The first-order valence-electron chi connectivity index (χ1n) is 6.72. The summed E-state index contributed by atoms with van der Waals surface area (Å²) < 4.78 is 18.9. The summed E-state index contributed by atoms with van der Waals surface area (Å²) in [5, 5.41) is 12.2. The van der Waals surface area contributed by atoms with Crippen molar-refractivity contribution >= 4 is 5.69 Å². The molecule has 3 nitrogen and oxygen atoms in total. The molecule has 0 bridgehead atoms. The van der Waals surface area contributed by atoms with E-state index in [-0.39, 0.29) is 11.9 Å². The minimum Gasteiger partial charge on any atom is -0.495 e. The fourth-order valence-corrected chi connectivity index (χ4v) is 2.19. The lowest BCUT2D eigenvalue weighted by molar-refractivity contribution is 0.416. The molecule has 1 atom stereocenters. The summed E-state index contributed by atoms with van der Waals surface area (Å²) in [6.07, 6.45) is 0.565. The smallest absolute Gasteiger partial charge is 0.143 e. The van der Waals surface area contributed by atoms with Crippen molar-refractivity contribution in [2.24, 2.45) is 0 Å². The van der Waals surface area contributed by atoms with Crippen molar-refractivity contribution in [3.63, 3.8) is 0 Å². The predicted octanol–water partition coefficient (Wildman–Crippen LogP) is 3.75. The molecule has 0 spiro atoms. The summed E-state index contributed by atoms with van der Waals surface area (Å²) in [4.78, 5) is 0. The average molecular weight is 284 g/mol. The van der Waals surface area contributed by atoms with Gasteiger partial charge >= 0.3 is 0 Å². The van der Waals surface area contributed by atoms with Gasteiger partial charge < -0.3 is 10.1 Å². The fourth-order valence-electron chi connectivity index (χ4n) is 2.19. The molecule has 0 radical (unpaired) electrons. The predicted molar refractivity (Wildman–Crippen MR) is 80.9 cm³/mol. The molecular weight excluding hydrogens is 267 g/mol. The highest BCUT2D eigenvalue weighted by molar-refractivity contribution is 5.60. The van der Waals surface area contributed by atoms with Crippen LogP contribution >= 0.6 is 0 Å². The van der Waals surface area contributed by atoms with Crippen molar-refractivity contribution < 1.29 is 9.13 Å². The quantitative estimate of drug-likeness (QED) is 0.909. The zero-order valence-corrected chi connectivity index (χ0v) is 12.1. The lowest BCUT2D eigenvalue weighted by Gasteiger charge is -2.18. The van der Waals surface area contributed by atoms with Gasteiger partial charge in [0.2, 0.25) is 0 Å². The van der Waals surface area contributed by atoms with Gasteiger partial charge in [0.05, 0.1) is 24.4 Å². The molecule has 2 aromatic carbocycles. The standard InChI is InChI=1S/C17H17FN2O/c1-12(9-14-5-3-4-6-15(14)18)20-16-8-7-13(11-19)10-17(16)21-2/h3-8,10,12,20H,9H2,1-2H3. The molecule has 21 heavy (non-hydrogen) atoms. The lowest BCUT2D eigenvalue weighted by Crippen LogP contribution is -2.19. The molecule has 0 fully saturated rings. The molecule has 1 N–H and O–H groups in total. The second-order valence-corrected chi connectivity index (χ2v) is 4.87. The normalized spacial score (nSPS) is 11.5. The van der Waals surface area contributed by atoms with Crippen LogP contribution in [0.2, 0.25) is 0 Å². The number of nitrogens with one attached hydrogen (secondary N) is 1. The highest BCUT2D eigenvalue weighted by Gasteiger charge is 2.10. The second-order valence-electron chi connectivity index (χ2n) is 4.87. The van der Waals surface area contributed by atoms with Gasteiger partial charge in [-0.1, -0.05) is 18.2 Å². The molecule has 0 aliphatic heterocycles. The van der Waals surface area contributed by atoms with Crippen molar-refractivity contribution in [2.75, 3.05) is 12.4 Å². The van der Waals surface area contributed by atoms with E-state index in [2.05, 4.69) is 11.4 Å². The van der Waals surface area contributed by atoms with Gasteiger partial charge in [-0.05, 0) is 37.1 Å². The zero-order chi connectivity index (χ0) is 15.2. The molecule has 2 aromatic rings. The molecule has 0 saturated carbocycles.